The Morgan fingerprint density at radius 3 is 2.29 bits per heavy atom. The molecule has 14 heavy (non-hydrogen) atoms. The SMILES string of the molecule is COC(C)(C)COc1ccc(O)cc1. The van der Waals surface area contributed by atoms with Crippen molar-refractivity contribution in [3.8, 4) is 11.5 Å². The van der Waals surface area contributed by atoms with Gasteiger partial charge in [0.2, 0.25) is 0 Å². The highest BCUT2D eigenvalue weighted by Gasteiger charge is 2.16. The van der Waals surface area contributed by atoms with Crippen molar-refractivity contribution >= 4 is 0 Å². The van der Waals surface area contributed by atoms with Crippen molar-refractivity contribution in [3.63, 3.8) is 0 Å². The fourth-order valence-corrected chi connectivity index (χ4v) is 0.858. The first-order valence-corrected chi connectivity index (χ1v) is 4.50. The summed E-state index contributed by atoms with van der Waals surface area (Å²) in [4.78, 5) is 0. The number of benzene rings is 1. The highest BCUT2D eigenvalue weighted by atomic mass is 16.5. The Morgan fingerprint density at radius 1 is 1.21 bits per heavy atom. The molecule has 3 heteroatoms. The standard InChI is InChI=1S/C11H16O3/c1-11(2,13-3)8-14-10-6-4-9(12)5-7-10/h4-7,12H,8H2,1-3H3. The maximum absolute atomic E-state index is 9.05. The zero-order chi connectivity index (χ0) is 10.6. The van der Waals surface area contributed by atoms with Crippen LogP contribution in [0.1, 0.15) is 13.8 Å². The highest BCUT2D eigenvalue weighted by molar-refractivity contribution is 5.30. The van der Waals surface area contributed by atoms with Gasteiger partial charge >= 0.3 is 0 Å². The maximum Gasteiger partial charge on any atom is 0.119 e. The predicted octanol–water partition coefficient (Wildman–Crippen LogP) is 2.20. The molecule has 3 nitrogen and oxygen atoms in total. The molecule has 0 saturated carbocycles. The molecule has 0 heterocycles. The summed E-state index contributed by atoms with van der Waals surface area (Å²) >= 11 is 0. The van der Waals surface area contributed by atoms with Crippen LogP contribution in [0.2, 0.25) is 0 Å². The quantitative estimate of drug-likeness (QED) is 0.802. The summed E-state index contributed by atoms with van der Waals surface area (Å²) in [5.74, 6) is 0.969. The van der Waals surface area contributed by atoms with Gasteiger partial charge in [0, 0.05) is 7.11 Å². The van der Waals surface area contributed by atoms with Crippen LogP contribution in [0.4, 0.5) is 0 Å². The van der Waals surface area contributed by atoms with E-state index in [0.717, 1.165) is 5.75 Å². The van der Waals surface area contributed by atoms with Crippen LogP contribution in [0.25, 0.3) is 0 Å². The Kier molecular flexibility index (Phi) is 3.36. The van der Waals surface area contributed by atoms with Crippen molar-refractivity contribution in [2.24, 2.45) is 0 Å². The van der Waals surface area contributed by atoms with Gasteiger partial charge in [0.15, 0.2) is 0 Å². The van der Waals surface area contributed by atoms with Gasteiger partial charge in [0.25, 0.3) is 0 Å². The monoisotopic (exact) mass is 196 g/mol. The molecule has 78 valence electrons. The summed E-state index contributed by atoms with van der Waals surface area (Å²) in [5.41, 5.74) is -0.294. The Hall–Kier alpha value is -1.22. The lowest BCUT2D eigenvalue weighted by molar-refractivity contribution is -0.0146. The van der Waals surface area contributed by atoms with Gasteiger partial charge in [-0.25, -0.2) is 0 Å². The molecule has 0 unspecified atom stereocenters. The number of phenolic OH excluding ortho intramolecular Hbond substituents is 1. The molecule has 1 rings (SSSR count). The predicted molar refractivity (Wildman–Crippen MR) is 54.7 cm³/mol. The molecule has 1 N–H and O–H groups in total. The molecular formula is C11H16O3. The average molecular weight is 196 g/mol. The molecule has 1 aromatic rings. The summed E-state index contributed by atoms with van der Waals surface area (Å²) in [6.45, 7) is 4.38. The van der Waals surface area contributed by atoms with Crippen LogP contribution < -0.4 is 4.74 Å². The zero-order valence-electron chi connectivity index (χ0n) is 8.78. The van der Waals surface area contributed by atoms with Crippen LogP contribution in [-0.2, 0) is 4.74 Å². The second kappa shape index (κ2) is 4.33. The molecule has 0 bridgehead atoms. The van der Waals surface area contributed by atoms with Crippen LogP contribution >= 0.6 is 0 Å². The summed E-state index contributed by atoms with van der Waals surface area (Å²) in [5, 5.41) is 9.05. The molecule has 0 amide bonds. The van der Waals surface area contributed by atoms with Crippen molar-refractivity contribution in [3.05, 3.63) is 24.3 Å². The molecule has 0 radical (unpaired) electrons. The number of rotatable bonds is 4. The van der Waals surface area contributed by atoms with Gasteiger partial charge in [-0.15, -0.1) is 0 Å². The number of phenols is 1. The minimum absolute atomic E-state index is 0.239. The number of hydrogen-bond acceptors (Lipinski definition) is 3. The normalized spacial score (nSPS) is 11.4. The third-order valence-corrected chi connectivity index (χ3v) is 1.98. The van der Waals surface area contributed by atoms with Crippen molar-refractivity contribution in [1.82, 2.24) is 0 Å². The lowest BCUT2D eigenvalue weighted by Gasteiger charge is -2.22. The third kappa shape index (κ3) is 3.26. The van der Waals surface area contributed by atoms with Crippen molar-refractivity contribution in [2.75, 3.05) is 13.7 Å². The van der Waals surface area contributed by atoms with Crippen LogP contribution in [-0.4, -0.2) is 24.4 Å². The fourth-order valence-electron chi connectivity index (χ4n) is 0.858. The van der Waals surface area contributed by atoms with E-state index in [4.69, 9.17) is 14.6 Å². The van der Waals surface area contributed by atoms with Crippen LogP contribution in [0.15, 0.2) is 24.3 Å². The van der Waals surface area contributed by atoms with Gasteiger partial charge in [-0.2, -0.15) is 0 Å². The first-order chi connectivity index (χ1) is 6.53. The lowest BCUT2D eigenvalue weighted by Crippen LogP contribution is -2.30. The van der Waals surface area contributed by atoms with Gasteiger partial charge < -0.3 is 14.6 Å². The highest BCUT2D eigenvalue weighted by Crippen LogP contribution is 2.18. The average Bonchev–Trinajstić information content (AvgIpc) is 2.17. The first-order valence-electron chi connectivity index (χ1n) is 4.50. The molecule has 0 spiro atoms. The summed E-state index contributed by atoms with van der Waals surface area (Å²) in [6.07, 6.45) is 0. The van der Waals surface area contributed by atoms with Crippen molar-refractivity contribution < 1.29 is 14.6 Å². The Labute approximate surface area is 84.3 Å². The molecule has 0 saturated heterocycles. The van der Waals surface area contributed by atoms with E-state index in [9.17, 15) is 0 Å². The van der Waals surface area contributed by atoms with E-state index < -0.39 is 0 Å². The molecule has 1 aromatic carbocycles. The number of aromatic hydroxyl groups is 1. The fraction of sp³-hybridized carbons (Fsp3) is 0.455. The molecule has 0 aromatic heterocycles. The number of methoxy groups -OCH3 is 1. The Morgan fingerprint density at radius 2 is 1.79 bits per heavy atom. The summed E-state index contributed by atoms with van der Waals surface area (Å²) < 4.78 is 10.7. The largest absolute Gasteiger partial charge is 0.508 e. The van der Waals surface area contributed by atoms with E-state index in [0.29, 0.717) is 6.61 Å². The molecule has 0 aliphatic carbocycles. The molecule has 0 fully saturated rings. The number of ether oxygens (including phenoxy) is 2. The lowest BCUT2D eigenvalue weighted by atomic mass is 10.1. The summed E-state index contributed by atoms with van der Waals surface area (Å²) in [6, 6.07) is 6.63. The second-order valence-electron chi connectivity index (χ2n) is 3.75. The van der Waals surface area contributed by atoms with E-state index in [2.05, 4.69) is 0 Å². The van der Waals surface area contributed by atoms with Gasteiger partial charge in [-0.1, -0.05) is 0 Å². The smallest absolute Gasteiger partial charge is 0.119 e. The van der Waals surface area contributed by atoms with Crippen molar-refractivity contribution in [1.29, 1.82) is 0 Å². The van der Waals surface area contributed by atoms with Crippen LogP contribution in [0.5, 0.6) is 11.5 Å². The molecular weight excluding hydrogens is 180 g/mol. The topological polar surface area (TPSA) is 38.7 Å². The second-order valence-corrected chi connectivity index (χ2v) is 3.75. The maximum atomic E-state index is 9.05. The summed E-state index contributed by atoms with van der Waals surface area (Å²) in [7, 11) is 1.65. The van der Waals surface area contributed by atoms with Crippen molar-refractivity contribution in [2.45, 2.75) is 19.4 Å². The Bertz CT molecular complexity index is 277. The van der Waals surface area contributed by atoms with E-state index in [-0.39, 0.29) is 11.4 Å². The van der Waals surface area contributed by atoms with Crippen LogP contribution in [0.3, 0.4) is 0 Å². The van der Waals surface area contributed by atoms with Gasteiger partial charge in [-0.05, 0) is 38.1 Å². The van der Waals surface area contributed by atoms with Gasteiger partial charge in [0.05, 0.1) is 5.60 Å². The van der Waals surface area contributed by atoms with Gasteiger partial charge in [-0.3, -0.25) is 0 Å². The van der Waals surface area contributed by atoms with E-state index in [1.54, 1.807) is 31.4 Å². The molecule has 0 aliphatic heterocycles. The van der Waals surface area contributed by atoms with Crippen LogP contribution in [0, 0.1) is 0 Å². The van der Waals surface area contributed by atoms with E-state index >= 15 is 0 Å². The van der Waals surface area contributed by atoms with E-state index in [1.165, 1.54) is 0 Å². The zero-order valence-corrected chi connectivity index (χ0v) is 8.78. The van der Waals surface area contributed by atoms with E-state index in [1.807, 2.05) is 13.8 Å². The Balaban J connectivity index is 2.50. The van der Waals surface area contributed by atoms with Gasteiger partial charge in [0.1, 0.15) is 18.1 Å². The third-order valence-electron chi connectivity index (χ3n) is 1.98. The molecule has 0 atom stereocenters. The first kappa shape index (κ1) is 10.9. The minimum Gasteiger partial charge on any atom is -0.508 e. The number of hydrogen-bond donors (Lipinski definition) is 1. The minimum atomic E-state index is -0.294. The molecule has 0 aliphatic rings.